The predicted molar refractivity (Wildman–Crippen MR) is 135 cm³/mol. The highest BCUT2D eigenvalue weighted by Gasteiger charge is 2.35. The smallest absolute Gasteiger partial charge is 0.303 e. The Balaban J connectivity index is 1.22. The summed E-state index contributed by atoms with van der Waals surface area (Å²) in [6, 6.07) is 4.23. The van der Waals surface area contributed by atoms with Gasteiger partial charge < -0.3 is 14.7 Å². The first-order valence-corrected chi connectivity index (χ1v) is 13.2. The van der Waals surface area contributed by atoms with E-state index in [-0.39, 0.29) is 6.42 Å². The zero-order valence-corrected chi connectivity index (χ0v) is 20.6. The summed E-state index contributed by atoms with van der Waals surface area (Å²) in [6.45, 7) is 3.45. The van der Waals surface area contributed by atoms with Crippen molar-refractivity contribution in [1.29, 1.82) is 0 Å². The Morgan fingerprint density at radius 2 is 1.94 bits per heavy atom. The van der Waals surface area contributed by atoms with Crippen molar-refractivity contribution < 1.29 is 14.6 Å². The van der Waals surface area contributed by atoms with Crippen molar-refractivity contribution in [2.45, 2.75) is 83.5 Å². The molecule has 186 valence electrons. The number of amidine groups is 1. The van der Waals surface area contributed by atoms with Crippen molar-refractivity contribution in [3.05, 3.63) is 35.4 Å². The molecule has 2 aromatic rings. The Morgan fingerprint density at radius 3 is 2.69 bits per heavy atom. The van der Waals surface area contributed by atoms with Crippen molar-refractivity contribution >= 4 is 23.3 Å². The Morgan fingerprint density at radius 1 is 1.11 bits per heavy atom. The van der Waals surface area contributed by atoms with Gasteiger partial charge in [0.2, 0.25) is 5.88 Å². The van der Waals surface area contributed by atoms with Crippen molar-refractivity contribution in [1.82, 2.24) is 15.0 Å². The van der Waals surface area contributed by atoms with Crippen LogP contribution >= 0.6 is 0 Å². The molecule has 0 atom stereocenters. The summed E-state index contributed by atoms with van der Waals surface area (Å²) in [5, 5.41) is 9.04. The molecular formula is C27H35N5O3. The van der Waals surface area contributed by atoms with E-state index in [4.69, 9.17) is 24.8 Å². The van der Waals surface area contributed by atoms with Gasteiger partial charge in [-0.25, -0.2) is 9.98 Å². The first-order chi connectivity index (χ1) is 17.1. The number of anilines is 1. The number of ether oxygens (including phenoxy) is 1. The number of aliphatic carboxylic acids is 1. The molecule has 4 heterocycles. The third kappa shape index (κ3) is 5.31. The van der Waals surface area contributed by atoms with Gasteiger partial charge in [-0.05, 0) is 50.2 Å². The Bertz CT molecular complexity index is 1080. The minimum atomic E-state index is -0.690. The van der Waals surface area contributed by atoms with E-state index in [1.165, 1.54) is 25.7 Å². The molecule has 3 aliphatic rings. The van der Waals surface area contributed by atoms with Gasteiger partial charge in [0.25, 0.3) is 0 Å². The molecule has 1 fully saturated rings. The average Bonchev–Trinajstić information content (AvgIpc) is 3.01. The summed E-state index contributed by atoms with van der Waals surface area (Å²) in [4.78, 5) is 32.1. The maximum absolute atomic E-state index is 11.0. The highest BCUT2D eigenvalue weighted by atomic mass is 16.5. The van der Waals surface area contributed by atoms with Crippen LogP contribution < -0.4 is 9.64 Å². The van der Waals surface area contributed by atoms with Gasteiger partial charge in [0, 0.05) is 24.5 Å². The van der Waals surface area contributed by atoms with Crippen LogP contribution in [-0.4, -0.2) is 45.0 Å². The fourth-order valence-corrected chi connectivity index (χ4v) is 5.45. The summed E-state index contributed by atoms with van der Waals surface area (Å²) in [5.41, 5.74) is 3.00. The van der Waals surface area contributed by atoms with Crippen LogP contribution in [0.4, 0.5) is 11.5 Å². The van der Waals surface area contributed by atoms with Crippen LogP contribution in [0.25, 0.3) is 0 Å². The standard InChI is InChI=1S/C27H35N5O3/c1-2-3-4-5-6-7-22-29-25-24-26(31-25)32(14-15-35-27(24)30-22)20-12-13-21(28-17-20)19-10-8-18(9-11-19)16-23(33)34/h12-13,17-19H,2-11,14-16H2,1H3,(H,33,34)/t18-,19+. The van der Waals surface area contributed by atoms with Gasteiger partial charge in [0.15, 0.2) is 11.7 Å². The first kappa shape index (κ1) is 23.7. The van der Waals surface area contributed by atoms with E-state index in [0.29, 0.717) is 30.9 Å². The van der Waals surface area contributed by atoms with E-state index < -0.39 is 5.97 Å². The number of unbranched alkanes of at least 4 members (excludes halogenated alkanes) is 4. The fourth-order valence-electron chi connectivity index (χ4n) is 5.45. The van der Waals surface area contributed by atoms with Crippen LogP contribution in [-0.2, 0) is 11.2 Å². The van der Waals surface area contributed by atoms with Crippen LogP contribution in [0.3, 0.4) is 0 Å². The molecule has 8 heteroatoms. The van der Waals surface area contributed by atoms with Crippen LogP contribution in [0, 0.1) is 5.92 Å². The monoisotopic (exact) mass is 477 g/mol. The number of carboxylic acid groups (broad SMARTS) is 1. The van der Waals surface area contributed by atoms with Crippen molar-refractivity contribution in [3.63, 3.8) is 0 Å². The van der Waals surface area contributed by atoms with E-state index in [1.54, 1.807) is 0 Å². The molecule has 1 saturated carbocycles. The zero-order valence-electron chi connectivity index (χ0n) is 20.6. The molecular weight excluding hydrogens is 442 g/mol. The maximum atomic E-state index is 11.0. The Kier molecular flexibility index (Phi) is 7.25. The van der Waals surface area contributed by atoms with Crippen LogP contribution in [0.15, 0.2) is 23.3 Å². The molecule has 2 aromatic heterocycles. The summed E-state index contributed by atoms with van der Waals surface area (Å²) in [7, 11) is 0. The van der Waals surface area contributed by atoms with Gasteiger partial charge in [0.05, 0.1) is 18.4 Å². The van der Waals surface area contributed by atoms with E-state index in [0.717, 1.165) is 72.9 Å². The molecule has 0 saturated heterocycles. The van der Waals surface area contributed by atoms with Crippen molar-refractivity contribution in [2.75, 3.05) is 18.1 Å². The summed E-state index contributed by atoms with van der Waals surface area (Å²) < 4.78 is 6.02. The molecule has 0 spiro atoms. The number of aryl methyl sites for hydroxylation is 1. The van der Waals surface area contributed by atoms with Crippen molar-refractivity contribution in [3.8, 4) is 5.88 Å². The second-order valence-electron chi connectivity index (χ2n) is 10.0. The first-order valence-electron chi connectivity index (χ1n) is 13.2. The molecule has 1 aliphatic carbocycles. The number of aliphatic imine (C=N–C) groups is 1. The van der Waals surface area contributed by atoms with Gasteiger partial charge in [-0.3, -0.25) is 9.78 Å². The lowest BCUT2D eigenvalue weighted by Crippen LogP contribution is -2.36. The van der Waals surface area contributed by atoms with E-state index in [1.807, 2.05) is 6.20 Å². The molecule has 0 aromatic carbocycles. The van der Waals surface area contributed by atoms with Crippen LogP contribution in [0.2, 0.25) is 0 Å². The highest BCUT2D eigenvalue weighted by molar-refractivity contribution is 6.20. The molecule has 0 unspecified atom stereocenters. The number of carboxylic acids is 1. The predicted octanol–water partition coefficient (Wildman–Crippen LogP) is 5.42. The lowest BCUT2D eigenvalue weighted by atomic mass is 9.79. The molecule has 2 aliphatic heterocycles. The number of nitrogens with zero attached hydrogens (tertiary/aromatic N) is 5. The SMILES string of the molecule is CCCCCCCc1nc2c3c(n1)OCCN(c1ccc([C@H]4CC[C@@H](CC(=O)O)CC4)nc1)C3=N2. The third-order valence-electron chi connectivity index (χ3n) is 7.46. The number of aromatic nitrogens is 3. The summed E-state index contributed by atoms with van der Waals surface area (Å²) >= 11 is 0. The molecule has 8 nitrogen and oxygen atoms in total. The Labute approximate surface area is 206 Å². The molecule has 35 heavy (non-hydrogen) atoms. The van der Waals surface area contributed by atoms with Gasteiger partial charge in [-0.1, -0.05) is 32.6 Å². The van der Waals surface area contributed by atoms with Gasteiger partial charge in [0.1, 0.15) is 18.0 Å². The van der Waals surface area contributed by atoms with Gasteiger partial charge >= 0.3 is 5.97 Å². The molecule has 1 N–H and O–H groups in total. The number of rotatable bonds is 10. The maximum Gasteiger partial charge on any atom is 0.303 e. The molecule has 0 amide bonds. The highest BCUT2D eigenvalue weighted by Crippen LogP contribution is 2.40. The van der Waals surface area contributed by atoms with Gasteiger partial charge in [-0.15, -0.1) is 0 Å². The minimum Gasteiger partial charge on any atom is -0.481 e. The normalized spacial score (nSPS) is 20.8. The largest absolute Gasteiger partial charge is 0.481 e. The number of pyridine rings is 1. The lowest BCUT2D eigenvalue weighted by molar-refractivity contribution is -0.138. The summed E-state index contributed by atoms with van der Waals surface area (Å²) in [5.74, 6) is 3.11. The van der Waals surface area contributed by atoms with E-state index >= 15 is 0 Å². The van der Waals surface area contributed by atoms with E-state index in [2.05, 4.69) is 28.9 Å². The number of carbonyl (C=O) groups is 1. The molecule has 0 bridgehead atoms. The zero-order chi connectivity index (χ0) is 24.2. The minimum absolute atomic E-state index is 0.284. The van der Waals surface area contributed by atoms with Crippen molar-refractivity contribution in [2.24, 2.45) is 10.9 Å². The average molecular weight is 478 g/mol. The number of hydrogen-bond donors (Lipinski definition) is 1. The Hall–Kier alpha value is -3.03. The fraction of sp³-hybridized carbons (Fsp3) is 0.593. The number of hydrogen-bond acceptors (Lipinski definition) is 7. The third-order valence-corrected chi connectivity index (χ3v) is 7.46. The lowest BCUT2D eigenvalue weighted by Gasteiger charge is -2.29. The topological polar surface area (TPSA) is 101 Å². The summed E-state index contributed by atoms with van der Waals surface area (Å²) in [6.07, 6.45) is 13.1. The second-order valence-corrected chi connectivity index (χ2v) is 10.0. The van der Waals surface area contributed by atoms with Crippen LogP contribution in [0.1, 0.15) is 94.1 Å². The van der Waals surface area contributed by atoms with Gasteiger partial charge in [-0.2, -0.15) is 4.98 Å². The van der Waals surface area contributed by atoms with E-state index in [9.17, 15) is 4.79 Å². The molecule has 5 rings (SSSR count). The quantitative estimate of drug-likeness (QED) is 0.456. The van der Waals surface area contributed by atoms with Crippen LogP contribution in [0.5, 0.6) is 5.88 Å². The molecule has 0 radical (unpaired) electrons. The second kappa shape index (κ2) is 10.7.